The molecule has 0 fully saturated rings. The van der Waals surface area contributed by atoms with E-state index in [2.05, 4.69) is 6.58 Å². The molecule has 0 heterocycles. The summed E-state index contributed by atoms with van der Waals surface area (Å²) in [4.78, 5) is 0. The molecule has 0 amide bonds. The molecule has 17 heavy (non-hydrogen) atoms. The maximum atomic E-state index is 13.3. The van der Waals surface area contributed by atoms with Gasteiger partial charge >= 0.3 is 0 Å². The van der Waals surface area contributed by atoms with E-state index in [1.807, 2.05) is 0 Å². The lowest BCUT2D eigenvalue weighted by Crippen LogP contribution is -2.13. The Morgan fingerprint density at radius 3 is 2.47 bits per heavy atom. The van der Waals surface area contributed by atoms with E-state index in [0.717, 1.165) is 0 Å². The fourth-order valence-electron chi connectivity index (χ4n) is 1.39. The molecule has 96 valence electrons. The van der Waals surface area contributed by atoms with Crippen LogP contribution < -0.4 is 5.73 Å². The van der Waals surface area contributed by atoms with Crippen molar-refractivity contribution in [1.82, 2.24) is 0 Å². The fraction of sp³-hybridized carbons (Fsp3) is 0.273. The number of phenolic OH excluding ortho intramolecular Hbond substituents is 1. The van der Waals surface area contributed by atoms with Gasteiger partial charge in [0, 0.05) is 17.7 Å². The molecule has 0 saturated heterocycles. The second-order valence-corrected chi connectivity index (χ2v) is 3.39. The molecule has 0 bridgehead atoms. The Morgan fingerprint density at radius 1 is 1.35 bits per heavy atom. The van der Waals surface area contributed by atoms with E-state index in [1.54, 1.807) is 6.08 Å². The molecule has 0 aliphatic heterocycles. The molecule has 3 N–H and O–H groups in total. The third-order valence-corrected chi connectivity index (χ3v) is 2.23. The van der Waals surface area contributed by atoms with Gasteiger partial charge in [0.2, 0.25) is 0 Å². The third-order valence-electron chi connectivity index (χ3n) is 2.23. The van der Waals surface area contributed by atoms with Crippen molar-refractivity contribution >= 4 is 12.4 Å². The molecule has 0 saturated carbocycles. The van der Waals surface area contributed by atoms with Crippen molar-refractivity contribution in [2.45, 2.75) is 18.9 Å². The maximum absolute atomic E-state index is 13.3. The Labute approximate surface area is 103 Å². The quantitative estimate of drug-likeness (QED) is 0.650. The van der Waals surface area contributed by atoms with E-state index in [-0.39, 0.29) is 12.4 Å². The van der Waals surface area contributed by atoms with Gasteiger partial charge in [-0.25, -0.2) is 13.2 Å². The topological polar surface area (TPSA) is 46.2 Å². The first-order chi connectivity index (χ1) is 7.49. The second kappa shape index (κ2) is 6.51. The summed E-state index contributed by atoms with van der Waals surface area (Å²) < 4.78 is 38.9. The van der Waals surface area contributed by atoms with Crippen LogP contribution in [0.2, 0.25) is 0 Å². The van der Waals surface area contributed by atoms with Gasteiger partial charge in [-0.2, -0.15) is 0 Å². The minimum atomic E-state index is -1.62. The van der Waals surface area contributed by atoms with E-state index >= 15 is 0 Å². The minimum absolute atomic E-state index is 0. The molecule has 2 nitrogen and oxygen atoms in total. The smallest absolute Gasteiger partial charge is 0.195 e. The highest BCUT2D eigenvalue weighted by Crippen LogP contribution is 2.31. The van der Waals surface area contributed by atoms with Crippen molar-refractivity contribution in [2.75, 3.05) is 0 Å². The van der Waals surface area contributed by atoms with Crippen molar-refractivity contribution < 1.29 is 18.3 Å². The number of benzene rings is 1. The zero-order chi connectivity index (χ0) is 12.3. The van der Waals surface area contributed by atoms with Gasteiger partial charge in [-0.15, -0.1) is 19.0 Å². The maximum Gasteiger partial charge on any atom is 0.195 e. The van der Waals surface area contributed by atoms with Crippen LogP contribution in [0.3, 0.4) is 0 Å². The van der Waals surface area contributed by atoms with Crippen LogP contribution in [-0.2, 0) is 0 Å². The lowest BCUT2D eigenvalue weighted by Gasteiger charge is -2.14. The van der Waals surface area contributed by atoms with Crippen molar-refractivity contribution in [2.24, 2.45) is 5.73 Å². The normalized spacial score (nSPS) is 11.8. The second-order valence-electron chi connectivity index (χ2n) is 3.39. The van der Waals surface area contributed by atoms with E-state index < -0.39 is 34.8 Å². The molecule has 0 spiro atoms. The van der Waals surface area contributed by atoms with Crippen molar-refractivity contribution in [1.29, 1.82) is 0 Å². The van der Waals surface area contributed by atoms with Gasteiger partial charge in [-0.05, 0) is 12.8 Å². The van der Waals surface area contributed by atoms with Gasteiger partial charge in [0.25, 0.3) is 0 Å². The Hall–Kier alpha value is -1.20. The van der Waals surface area contributed by atoms with Crippen LogP contribution in [0.4, 0.5) is 13.2 Å². The first kappa shape index (κ1) is 15.8. The van der Waals surface area contributed by atoms with Gasteiger partial charge in [-0.1, -0.05) is 6.08 Å². The summed E-state index contributed by atoms with van der Waals surface area (Å²) >= 11 is 0. The van der Waals surface area contributed by atoms with Crippen LogP contribution in [0.1, 0.15) is 24.4 Å². The molecular formula is C11H13ClF3NO. The van der Waals surface area contributed by atoms with Crippen LogP contribution >= 0.6 is 12.4 Å². The van der Waals surface area contributed by atoms with Crippen LogP contribution in [0.15, 0.2) is 18.7 Å². The summed E-state index contributed by atoms with van der Waals surface area (Å²) in [5.74, 6) is -5.17. The Morgan fingerprint density at radius 2 is 1.94 bits per heavy atom. The van der Waals surface area contributed by atoms with Gasteiger partial charge in [-0.3, -0.25) is 0 Å². The lowest BCUT2D eigenvalue weighted by molar-refractivity contribution is 0.398. The van der Waals surface area contributed by atoms with E-state index in [9.17, 15) is 18.3 Å². The highest BCUT2D eigenvalue weighted by atomic mass is 35.5. The molecule has 0 aromatic heterocycles. The van der Waals surface area contributed by atoms with E-state index in [1.165, 1.54) is 0 Å². The van der Waals surface area contributed by atoms with Crippen LogP contribution in [0.5, 0.6) is 5.75 Å². The van der Waals surface area contributed by atoms with Crippen molar-refractivity contribution in [3.8, 4) is 5.75 Å². The molecule has 6 heteroatoms. The summed E-state index contributed by atoms with van der Waals surface area (Å²) in [6.07, 6.45) is 2.34. The SMILES string of the molecule is C=CCC[C@H](N)c1c(O)cc(F)c(F)c1F.Cl. The molecule has 1 aromatic rings. The number of aromatic hydroxyl groups is 1. The van der Waals surface area contributed by atoms with Gasteiger partial charge in [0.05, 0.1) is 0 Å². The average molecular weight is 268 g/mol. The molecule has 0 aliphatic carbocycles. The summed E-state index contributed by atoms with van der Waals surface area (Å²) in [5, 5.41) is 9.31. The highest BCUT2D eigenvalue weighted by Gasteiger charge is 2.22. The standard InChI is InChI=1S/C11H12F3NO.ClH/c1-2-3-4-7(15)9-8(16)5-6(12)10(13)11(9)14;/h2,5,7,16H,1,3-4,15H2;1H/t7-;/m0./s1. The minimum Gasteiger partial charge on any atom is -0.507 e. The molecular weight excluding hydrogens is 255 g/mol. The predicted molar refractivity (Wildman–Crippen MR) is 61.6 cm³/mol. The molecule has 0 unspecified atom stereocenters. The van der Waals surface area contributed by atoms with Crippen LogP contribution in [0.25, 0.3) is 0 Å². The van der Waals surface area contributed by atoms with Gasteiger partial charge in [0.15, 0.2) is 17.5 Å². The summed E-state index contributed by atoms with van der Waals surface area (Å²) in [5.41, 5.74) is 5.16. The largest absolute Gasteiger partial charge is 0.507 e. The third kappa shape index (κ3) is 3.38. The zero-order valence-electron chi connectivity index (χ0n) is 8.92. The monoisotopic (exact) mass is 267 g/mol. The number of nitrogens with two attached hydrogens (primary N) is 1. The molecule has 0 radical (unpaired) electrons. The van der Waals surface area contributed by atoms with E-state index in [0.29, 0.717) is 18.9 Å². The number of allylic oxidation sites excluding steroid dienone is 1. The molecule has 0 aliphatic rings. The Balaban J connectivity index is 0.00000256. The number of rotatable bonds is 4. The van der Waals surface area contributed by atoms with E-state index in [4.69, 9.17) is 5.73 Å². The first-order valence-corrected chi connectivity index (χ1v) is 4.71. The van der Waals surface area contributed by atoms with Crippen molar-refractivity contribution in [3.05, 3.63) is 41.7 Å². The van der Waals surface area contributed by atoms with Crippen LogP contribution in [0, 0.1) is 17.5 Å². The molecule has 1 aromatic carbocycles. The van der Waals surface area contributed by atoms with Crippen molar-refractivity contribution in [3.63, 3.8) is 0 Å². The average Bonchev–Trinajstić information content (AvgIpc) is 2.23. The predicted octanol–water partition coefficient (Wildman–Crippen LogP) is 3.20. The number of phenols is 1. The molecule has 1 atom stereocenters. The molecule has 1 rings (SSSR count). The Bertz CT molecular complexity index is 412. The van der Waals surface area contributed by atoms with Gasteiger partial charge in [0.1, 0.15) is 5.75 Å². The Kier molecular flexibility index (Phi) is 6.05. The zero-order valence-corrected chi connectivity index (χ0v) is 9.74. The number of hydrogen-bond acceptors (Lipinski definition) is 2. The summed E-state index contributed by atoms with van der Waals surface area (Å²) in [6, 6.07) is -0.380. The summed E-state index contributed by atoms with van der Waals surface area (Å²) in [7, 11) is 0. The summed E-state index contributed by atoms with van der Waals surface area (Å²) in [6.45, 7) is 3.46. The van der Waals surface area contributed by atoms with Crippen LogP contribution in [-0.4, -0.2) is 5.11 Å². The fourth-order valence-corrected chi connectivity index (χ4v) is 1.39. The van der Waals surface area contributed by atoms with Gasteiger partial charge < -0.3 is 10.8 Å². The number of hydrogen-bond donors (Lipinski definition) is 2. The highest BCUT2D eigenvalue weighted by molar-refractivity contribution is 5.85. The number of halogens is 4. The first-order valence-electron chi connectivity index (χ1n) is 4.71. The lowest BCUT2D eigenvalue weighted by atomic mass is 10.0.